The summed E-state index contributed by atoms with van der Waals surface area (Å²) in [6.45, 7) is 0.486. The van der Waals surface area contributed by atoms with Crippen molar-refractivity contribution in [2.75, 3.05) is 12.3 Å². The van der Waals surface area contributed by atoms with Gasteiger partial charge in [-0.15, -0.1) is 0 Å². The quantitative estimate of drug-likeness (QED) is 0.205. The Hall–Kier alpha value is -3.59. The molecule has 0 aliphatic carbocycles. The fourth-order valence-corrected chi connectivity index (χ4v) is 4.45. The van der Waals surface area contributed by atoms with Gasteiger partial charge in [0.05, 0.1) is 27.9 Å². The van der Waals surface area contributed by atoms with Gasteiger partial charge in [-0.05, 0) is 48.7 Å². The first-order valence-electron chi connectivity index (χ1n) is 11.0. The third-order valence-corrected chi connectivity index (χ3v) is 6.25. The molecule has 1 amide bonds. The minimum Gasteiger partial charge on any atom is -0.355 e. The number of carbonyl (C=O) groups excluding carboxylic acids is 1. The van der Waals surface area contributed by atoms with Crippen LogP contribution in [0.2, 0.25) is 0 Å². The van der Waals surface area contributed by atoms with Crippen LogP contribution in [0.4, 0.5) is 13.2 Å². The maximum absolute atomic E-state index is 13.3. The smallest absolute Gasteiger partial charge is 0.355 e. The minimum absolute atomic E-state index is 0.0327. The van der Waals surface area contributed by atoms with Crippen LogP contribution in [-0.4, -0.2) is 27.8 Å². The number of hydrogen-bond donors (Lipinski definition) is 1. The molecule has 0 unspecified atom stereocenters. The van der Waals surface area contributed by atoms with Crippen molar-refractivity contribution in [3.8, 4) is 5.69 Å². The number of aryl methyl sites for hydroxylation is 1. The zero-order chi connectivity index (χ0) is 24.8. The summed E-state index contributed by atoms with van der Waals surface area (Å²) < 4.78 is 41.0. The number of amides is 1. The Kier molecular flexibility index (Phi) is 7.55. The van der Waals surface area contributed by atoms with E-state index in [0.717, 1.165) is 41.3 Å². The van der Waals surface area contributed by atoms with Gasteiger partial charge in [0.1, 0.15) is 0 Å². The summed E-state index contributed by atoms with van der Waals surface area (Å²) in [5.74, 6) is -0.282. The van der Waals surface area contributed by atoms with Crippen molar-refractivity contribution >= 4 is 28.6 Å². The normalized spacial score (nSPS) is 11.5. The van der Waals surface area contributed by atoms with Crippen molar-refractivity contribution in [2.24, 2.45) is 0 Å². The number of alkyl halides is 3. The average molecular weight is 498 g/mol. The molecule has 4 aromatic rings. The van der Waals surface area contributed by atoms with Gasteiger partial charge >= 0.3 is 6.18 Å². The number of hydrogen-bond acceptors (Lipinski definition) is 4. The highest BCUT2D eigenvalue weighted by Gasteiger charge is 2.31. The molecule has 0 bridgehead atoms. The van der Waals surface area contributed by atoms with Crippen LogP contribution in [0.1, 0.15) is 17.5 Å². The highest BCUT2D eigenvalue weighted by atomic mass is 32.2. The van der Waals surface area contributed by atoms with E-state index < -0.39 is 17.3 Å². The molecule has 4 rings (SSSR count). The van der Waals surface area contributed by atoms with Gasteiger partial charge in [0, 0.05) is 6.54 Å². The van der Waals surface area contributed by atoms with Gasteiger partial charge in [-0.25, -0.2) is 4.98 Å². The first kappa shape index (κ1) is 24.5. The molecule has 0 fully saturated rings. The van der Waals surface area contributed by atoms with Crippen LogP contribution in [-0.2, 0) is 17.4 Å². The molecule has 0 spiro atoms. The van der Waals surface area contributed by atoms with E-state index in [-0.39, 0.29) is 27.9 Å². The summed E-state index contributed by atoms with van der Waals surface area (Å²) in [5, 5.41) is 3.26. The maximum atomic E-state index is 13.3. The lowest BCUT2D eigenvalue weighted by atomic mass is 10.1. The van der Waals surface area contributed by atoms with Crippen LogP contribution < -0.4 is 10.9 Å². The lowest BCUT2D eigenvalue weighted by Gasteiger charge is -2.15. The Morgan fingerprint density at radius 2 is 1.71 bits per heavy atom. The van der Waals surface area contributed by atoms with E-state index in [9.17, 15) is 22.8 Å². The van der Waals surface area contributed by atoms with Gasteiger partial charge in [-0.1, -0.05) is 60.3 Å². The lowest BCUT2D eigenvalue weighted by Crippen LogP contribution is -2.27. The Balaban J connectivity index is 1.53. The zero-order valence-electron chi connectivity index (χ0n) is 18.6. The number of aromatic nitrogens is 2. The van der Waals surface area contributed by atoms with Crippen molar-refractivity contribution in [1.29, 1.82) is 0 Å². The number of carbonyl (C=O) groups is 1. The zero-order valence-corrected chi connectivity index (χ0v) is 19.4. The topological polar surface area (TPSA) is 64.0 Å². The fraction of sp³-hybridized carbons (Fsp3) is 0.192. The first-order chi connectivity index (χ1) is 16.8. The summed E-state index contributed by atoms with van der Waals surface area (Å²) in [6.07, 6.45) is -2.96. The van der Waals surface area contributed by atoms with Crippen molar-refractivity contribution in [3.63, 3.8) is 0 Å². The summed E-state index contributed by atoms with van der Waals surface area (Å²) in [6, 6.07) is 21.0. The molecule has 0 saturated heterocycles. The highest BCUT2D eigenvalue weighted by Crippen LogP contribution is 2.31. The Labute approximate surface area is 204 Å². The number of halogens is 3. The minimum atomic E-state index is -4.56. The third kappa shape index (κ3) is 6.10. The van der Waals surface area contributed by atoms with Crippen LogP contribution in [0, 0.1) is 0 Å². The highest BCUT2D eigenvalue weighted by molar-refractivity contribution is 7.99. The van der Waals surface area contributed by atoms with Crippen molar-refractivity contribution in [1.82, 2.24) is 14.9 Å². The molecule has 35 heavy (non-hydrogen) atoms. The first-order valence-corrected chi connectivity index (χ1v) is 11.9. The van der Waals surface area contributed by atoms with E-state index >= 15 is 0 Å². The number of rotatable bonds is 8. The molecule has 3 aromatic carbocycles. The monoisotopic (exact) mass is 497 g/mol. The van der Waals surface area contributed by atoms with E-state index in [2.05, 4.69) is 10.3 Å². The van der Waals surface area contributed by atoms with E-state index in [4.69, 9.17) is 0 Å². The van der Waals surface area contributed by atoms with E-state index in [1.165, 1.54) is 17.7 Å². The van der Waals surface area contributed by atoms with Gasteiger partial charge < -0.3 is 5.32 Å². The van der Waals surface area contributed by atoms with Crippen LogP contribution >= 0.6 is 11.8 Å². The SMILES string of the molecule is O=C(CSc1nc2ccccc2c(=O)n1-c1cccc(C(F)(F)F)c1)NCCCc1ccccc1. The van der Waals surface area contributed by atoms with Crippen LogP contribution in [0.25, 0.3) is 16.6 Å². The van der Waals surface area contributed by atoms with E-state index in [0.29, 0.717) is 12.1 Å². The molecular weight excluding hydrogens is 475 g/mol. The van der Waals surface area contributed by atoms with Crippen molar-refractivity contribution < 1.29 is 18.0 Å². The lowest BCUT2D eigenvalue weighted by molar-refractivity contribution is -0.137. The Bertz CT molecular complexity index is 1390. The molecule has 1 aromatic heterocycles. The maximum Gasteiger partial charge on any atom is 0.416 e. The largest absolute Gasteiger partial charge is 0.416 e. The number of thioether (sulfide) groups is 1. The second-order valence-electron chi connectivity index (χ2n) is 7.83. The van der Waals surface area contributed by atoms with Gasteiger partial charge in [-0.3, -0.25) is 14.2 Å². The third-order valence-electron chi connectivity index (χ3n) is 5.32. The molecule has 1 N–H and O–H groups in total. The molecule has 180 valence electrons. The Morgan fingerprint density at radius 1 is 0.971 bits per heavy atom. The predicted molar refractivity (Wildman–Crippen MR) is 131 cm³/mol. The number of para-hydroxylation sites is 1. The molecule has 0 saturated carbocycles. The Morgan fingerprint density at radius 3 is 2.49 bits per heavy atom. The van der Waals surface area contributed by atoms with Crippen LogP contribution in [0.3, 0.4) is 0 Å². The van der Waals surface area contributed by atoms with Crippen LogP contribution in [0.5, 0.6) is 0 Å². The van der Waals surface area contributed by atoms with Gasteiger partial charge in [-0.2, -0.15) is 13.2 Å². The van der Waals surface area contributed by atoms with Gasteiger partial charge in [0.25, 0.3) is 5.56 Å². The van der Waals surface area contributed by atoms with Crippen LogP contribution in [0.15, 0.2) is 88.8 Å². The molecule has 9 heteroatoms. The molecule has 0 radical (unpaired) electrons. The number of nitrogens with zero attached hydrogens (tertiary/aromatic N) is 2. The molecular formula is C26H22F3N3O2S. The summed E-state index contributed by atoms with van der Waals surface area (Å²) in [5.41, 5.74) is 0.254. The van der Waals surface area contributed by atoms with E-state index in [1.54, 1.807) is 24.3 Å². The molecule has 5 nitrogen and oxygen atoms in total. The standard InChI is InChI=1S/C26H22F3N3O2S/c27-26(28,29)19-11-6-12-20(16-19)32-24(34)21-13-4-5-14-22(21)31-25(32)35-17-23(33)30-15-7-10-18-8-2-1-3-9-18/h1-6,8-9,11-14,16H,7,10,15,17H2,(H,30,33). The number of fused-ring (bicyclic) bond motifs is 1. The summed E-state index contributed by atoms with van der Waals surface area (Å²) in [4.78, 5) is 30.1. The second kappa shape index (κ2) is 10.8. The van der Waals surface area contributed by atoms with Gasteiger partial charge in [0.15, 0.2) is 5.16 Å². The van der Waals surface area contributed by atoms with Gasteiger partial charge in [0.2, 0.25) is 5.91 Å². The fourth-order valence-electron chi connectivity index (χ4n) is 3.60. The molecule has 0 atom stereocenters. The summed E-state index contributed by atoms with van der Waals surface area (Å²) in [7, 11) is 0. The molecule has 0 aliphatic heterocycles. The predicted octanol–water partition coefficient (Wildman–Crippen LogP) is 5.25. The molecule has 1 heterocycles. The van der Waals surface area contributed by atoms with Crippen molar-refractivity contribution in [3.05, 3.63) is 100 Å². The number of benzene rings is 3. The average Bonchev–Trinajstić information content (AvgIpc) is 2.86. The van der Waals surface area contributed by atoms with E-state index in [1.807, 2.05) is 30.3 Å². The second-order valence-corrected chi connectivity index (χ2v) is 8.77. The summed E-state index contributed by atoms with van der Waals surface area (Å²) >= 11 is 1.01. The van der Waals surface area contributed by atoms with Crippen molar-refractivity contribution in [2.45, 2.75) is 24.2 Å². The number of nitrogens with one attached hydrogen (secondary N) is 1. The molecule has 0 aliphatic rings.